The van der Waals surface area contributed by atoms with Gasteiger partial charge >= 0.3 is 0 Å². The largest absolute Gasteiger partial charge is 0.365 e. The number of alkyl halides is 2. The third-order valence-corrected chi connectivity index (χ3v) is 3.99. The van der Waals surface area contributed by atoms with Crippen LogP contribution in [0.1, 0.15) is 31.7 Å². The number of hydrogen-bond acceptors (Lipinski definition) is 4. The monoisotopic (exact) mass is 349 g/mol. The van der Waals surface area contributed by atoms with Crippen LogP contribution in [0.3, 0.4) is 0 Å². The van der Waals surface area contributed by atoms with E-state index in [9.17, 15) is 13.2 Å². The van der Waals surface area contributed by atoms with Gasteiger partial charge in [-0.3, -0.25) is 0 Å². The SMILES string of the molecule is CC(C)C(Cc1ccc(F)cc1)Nc1ccc2nnc(C(F)F)n2n1. The van der Waals surface area contributed by atoms with Crippen molar-refractivity contribution in [2.24, 2.45) is 5.92 Å². The van der Waals surface area contributed by atoms with Gasteiger partial charge in [-0.25, -0.2) is 13.2 Å². The minimum atomic E-state index is -2.75. The van der Waals surface area contributed by atoms with Crippen LogP contribution >= 0.6 is 0 Å². The zero-order chi connectivity index (χ0) is 18.0. The third-order valence-electron chi connectivity index (χ3n) is 3.99. The molecule has 8 heteroatoms. The highest BCUT2D eigenvalue weighted by Crippen LogP contribution is 2.19. The number of nitrogens with zero attached hydrogens (tertiary/aromatic N) is 4. The summed E-state index contributed by atoms with van der Waals surface area (Å²) in [4.78, 5) is 0. The van der Waals surface area contributed by atoms with Crippen molar-refractivity contribution < 1.29 is 13.2 Å². The summed E-state index contributed by atoms with van der Waals surface area (Å²) >= 11 is 0. The highest BCUT2D eigenvalue weighted by atomic mass is 19.3. The minimum absolute atomic E-state index is 0.00175. The molecule has 1 atom stereocenters. The van der Waals surface area contributed by atoms with Crippen LogP contribution in [0, 0.1) is 11.7 Å². The van der Waals surface area contributed by atoms with Crippen LogP contribution in [-0.4, -0.2) is 25.9 Å². The molecular weight excluding hydrogens is 331 g/mol. The smallest absolute Gasteiger partial charge is 0.299 e. The average molecular weight is 349 g/mol. The molecule has 0 radical (unpaired) electrons. The normalized spacial score (nSPS) is 12.9. The molecule has 5 nitrogen and oxygen atoms in total. The fraction of sp³-hybridized carbons (Fsp3) is 0.353. The zero-order valence-corrected chi connectivity index (χ0v) is 13.8. The van der Waals surface area contributed by atoms with E-state index in [1.807, 2.05) is 13.8 Å². The number of halogens is 3. The van der Waals surface area contributed by atoms with Crippen LogP contribution in [-0.2, 0) is 6.42 Å². The number of aromatic nitrogens is 4. The van der Waals surface area contributed by atoms with Crippen molar-refractivity contribution in [2.75, 3.05) is 5.32 Å². The zero-order valence-electron chi connectivity index (χ0n) is 13.8. The first-order valence-corrected chi connectivity index (χ1v) is 7.95. The molecule has 3 aromatic rings. The molecule has 0 spiro atoms. The second-order valence-corrected chi connectivity index (χ2v) is 6.17. The third kappa shape index (κ3) is 3.89. The summed E-state index contributed by atoms with van der Waals surface area (Å²) in [5.41, 5.74) is 1.24. The lowest BCUT2D eigenvalue weighted by atomic mass is 9.96. The van der Waals surface area contributed by atoms with Gasteiger partial charge in [0.2, 0.25) is 5.82 Å². The molecule has 2 aromatic heterocycles. The molecule has 1 aromatic carbocycles. The molecule has 25 heavy (non-hydrogen) atoms. The lowest BCUT2D eigenvalue weighted by Gasteiger charge is -2.23. The van der Waals surface area contributed by atoms with Gasteiger partial charge in [0.1, 0.15) is 11.6 Å². The Kier molecular flexibility index (Phi) is 4.87. The van der Waals surface area contributed by atoms with Crippen LogP contribution < -0.4 is 5.32 Å². The summed E-state index contributed by atoms with van der Waals surface area (Å²) in [5, 5.41) is 14.6. The van der Waals surface area contributed by atoms with Crippen molar-refractivity contribution in [3.05, 3.63) is 53.6 Å². The maximum Gasteiger partial charge on any atom is 0.299 e. The van der Waals surface area contributed by atoms with E-state index in [4.69, 9.17) is 0 Å². The Balaban J connectivity index is 1.83. The van der Waals surface area contributed by atoms with Crippen LogP contribution in [0.4, 0.5) is 19.0 Å². The van der Waals surface area contributed by atoms with Crippen molar-refractivity contribution >= 4 is 11.5 Å². The molecule has 0 aliphatic heterocycles. The molecule has 2 heterocycles. The summed E-state index contributed by atoms with van der Waals surface area (Å²) in [7, 11) is 0. The van der Waals surface area contributed by atoms with Crippen molar-refractivity contribution in [3.8, 4) is 0 Å². The Morgan fingerprint density at radius 2 is 1.76 bits per heavy atom. The number of hydrogen-bond donors (Lipinski definition) is 1. The Hall–Kier alpha value is -2.64. The summed E-state index contributed by atoms with van der Waals surface area (Å²) in [5.74, 6) is -0.0663. The van der Waals surface area contributed by atoms with Gasteiger partial charge in [0.05, 0.1) is 0 Å². The fourth-order valence-electron chi connectivity index (χ4n) is 2.54. The molecule has 0 saturated heterocycles. The number of rotatable bonds is 6. The molecular formula is C17H18F3N5. The number of nitrogens with one attached hydrogen (secondary N) is 1. The summed E-state index contributed by atoms with van der Waals surface area (Å²) in [6.45, 7) is 4.09. The van der Waals surface area contributed by atoms with Gasteiger partial charge in [-0.2, -0.15) is 4.52 Å². The molecule has 132 valence electrons. The van der Waals surface area contributed by atoms with Crippen LogP contribution in [0.5, 0.6) is 0 Å². The van der Waals surface area contributed by atoms with Gasteiger partial charge in [-0.15, -0.1) is 15.3 Å². The average Bonchev–Trinajstić information content (AvgIpc) is 2.99. The predicted octanol–water partition coefficient (Wildman–Crippen LogP) is 3.88. The highest BCUT2D eigenvalue weighted by Gasteiger charge is 2.19. The summed E-state index contributed by atoms with van der Waals surface area (Å²) in [6, 6.07) is 9.58. The topological polar surface area (TPSA) is 55.1 Å². The van der Waals surface area contributed by atoms with E-state index >= 15 is 0 Å². The first-order valence-electron chi connectivity index (χ1n) is 7.95. The molecule has 0 bridgehead atoms. The van der Waals surface area contributed by atoms with E-state index < -0.39 is 12.2 Å². The van der Waals surface area contributed by atoms with Gasteiger partial charge in [-0.1, -0.05) is 26.0 Å². The van der Waals surface area contributed by atoms with Gasteiger partial charge in [0, 0.05) is 6.04 Å². The molecule has 0 fully saturated rings. The Labute approximate surface area is 142 Å². The van der Waals surface area contributed by atoms with Crippen molar-refractivity contribution in [1.82, 2.24) is 19.8 Å². The standard InChI is InChI=1S/C17H18F3N5/c1-10(2)13(9-11-3-5-12(18)6-4-11)21-14-7-8-15-22-23-17(16(19)20)25(15)24-14/h3-8,10,13,16H,9H2,1-2H3,(H,21,24). The molecule has 1 N–H and O–H groups in total. The van der Waals surface area contributed by atoms with Gasteiger partial charge < -0.3 is 5.32 Å². The lowest BCUT2D eigenvalue weighted by molar-refractivity contribution is 0.137. The van der Waals surface area contributed by atoms with Gasteiger partial charge in [0.15, 0.2) is 5.65 Å². The van der Waals surface area contributed by atoms with E-state index in [0.29, 0.717) is 12.2 Å². The van der Waals surface area contributed by atoms with Crippen LogP contribution in [0.2, 0.25) is 0 Å². The second kappa shape index (κ2) is 7.08. The van der Waals surface area contributed by atoms with E-state index in [1.165, 1.54) is 12.1 Å². The van der Waals surface area contributed by atoms with Crippen LogP contribution in [0.15, 0.2) is 36.4 Å². The molecule has 0 saturated carbocycles. The summed E-state index contributed by atoms with van der Waals surface area (Å²) < 4.78 is 40.0. The van der Waals surface area contributed by atoms with E-state index in [1.54, 1.807) is 24.3 Å². The van der Waals surface area contributed by atoms with Crippen molar-refractivity contribution in [3.63, 3.8) is 0 Å². The molecule has 0 aliphatic rings. The maximum atomic E-state index is 13.0. The summed E-state index contributed by atoms with van der Waals surface area (Å²) in [6.07, 6.45) is -2.10. The lowest BCUT2D eigenvalue weighted by Crippen LogP contribution is -2.29. The van der Waals surface area contributed by atoms with E-state index in [2.05, 4.69) is 20.6 Å². The molecule has 0 aliphatic carbocycles. The first-order chi connectivity index (χ1) is 11.9. The molecule has 0 amide bonds. The number of benzene rings is 1. The maximum absolute atomic E-state index is 13.0. The fourth-order valence-corrected chi connectivity index (χ4v) is 2.54. The van der Waals surface area contributed by atoms with Crippen molar-refractivity contribution in [1.29, 1.82) is 0 Å². The van der Waals surface area contributed by atoms with E-state index in [-0.39, 0.29) is 23.4 Å². The molecule has 3 rings (SSSR count). The quantitative estimate of drug-likeness (QED) is 0.734. The predicted molar refractivity (Wildman–Crippen MR) is 88.1 cm³/mol. The van der Waals surface area contributed by atoms with E-state index in [0.717, 1.165) is 10.1 Å². The number of anilines is 1. The Bertz CT molecular complexity index is 845. The van der Waals surface area contributed by atoms with Gasteiger partial charge in [-0.05, 0) is 42.2 Å². The Morgan fingerprint density at radius 3 is 2.40 bits per heavy atom. The minimum Gasteiger partial charge on any atom is -0.365 e. The number of fused-ring (bicyclic) bond motifs is 1. The second-order valence-electron chi connectivity index (χ2n) is 6.17. The first kappa shape index (κ1) is 17.2. The van der Waals surface area contributed by atoms with Crippen molar-refractivity contribution in [2.45, 2.75) is 32.7 Å². The Morgan fingerprint density at radius 1 is 1.04 bits per heavy atom. The molecule has 1 unspecified atom stereocenters. The van der Waals surface area contributed by atoms with Gasteiger partial charge in [0.25, 0.3) is 6.43 Å². The van der Waals surface area contributed by atoms with Crippen LogP contribution in [0.25, 0.3) is 5.65 Å². The highest BCUT2D eigenvalue weighted by molar-refractivity contribution is 5.44.